The van der Waals surface area contributed by atoms with Crippen LogP contribution < -0.4 is 22.5 Å². The summed E-state index contributed by atoms with van der Waals surface area (Å²) in [4.78, 5) is 15.1. The average Bonchev–Trinajstić information content (AvgIpc) is 3.13. The molecule has 2 heterocycles. The number of nitrogens with zero attached hydrogens (tertiary/aromatic N) is 1. The van der Waals surface area contributed by atoms with E-state index in [0.29, 0.717) is 0 Å². The van der Waals surface area contributed by atoms with Crippen molar-refractivity contribution in [2.24, 2.45) is 22.2 Å². The monoisotopic (exact) mass is 585 g/mol. The van der Waals surface area contributed by atoms with Crippen molar-refractivity contribution in [3.63, 3.8) is 0 Å². The molecule has 0 unspecified atom stereocenters. The quantitative estimate of drug-likeness (QED) is 0.0882. The van der Waals surface area contributed by atoms with E-state index in [2.05, 4.69) is 10.3 Å². The fourth-order valence-corrected chi connectivity index (χ4v) is 5.10. The van der Waals surface area contributed by atoms with E-state index >= 15 is 0 Å². The van der Waals surface area contributed by atoms with Crippen LogP contribution in [-0.4, -0.2) is 164 Å². The highest BCUT2D eigenvalue weighted by Gasteiger charge is 2.60. The zero-order valence-corrected chi connectivity index (χ0v) is 21.7. The topological polar surface area (TPSA) is 328 Å². The number of primary amides is 1. The van der Waals surface area contributed by atoms with Crippen LogP contribution in [0.3, 0.4) is 0 Å². The smallest absolute Gasteiger partial charge is 0.404 e. The number of likely N-dealkylation sites (N-methyl/N-ethyl adjacent to an activating group) is 1. The number of rotatable bonds is 9. The van der Waals surface area contributed by atoms with Gasteiger partial charge in [-0.1, -0.05) is 0 Å². The predicted molar refractivity (Wildman–Crippen MR) is 129 cm³/mol. The number of carbonyl (C=O) groups is 1. The first-order valence-electron chi connectivity index (χ1n) is 12.4. The molecule has 0 aromatic carbocycles. The SMILES string of the molecule is CN[C@H]1[C@@H](O[C@H]2[C@H](O[C@@H]3[C@H](O)[C@@H](O)[C@@H](OC(N)=O)[C@@H](O)[C@@H]3N=C(N)N)O[C@@H](C)[C@@]2(O)CO)O[C@H](CO)[C@@H](O)[C@@H]1O. The number of aliphatic hydroxyl groups excluding tert-OH is 7. The molecule has 0 spiro atoms. The molecule has 15 atom stereocenters. The average molecular weight is 586 g/mol. The maximum atomic E-state index is 11.3. The van der Waals surface area contributed by atoms with E-state index in [1.165, 1.54) is 14.0 Å². The van der Waals surface area contributed by atoms with Crippen molar-refractivity contribution in [1.29, 1.82) is 0 Å². The van der Waals surface area contributed by atoms with Crippen LogP contribution in [0.2, 0.25) is 0 Å². The number of amides is 1. The first kappa shape index (κ1) is 32.5. The molecule has 15 N–H and O–H groups in total. The number of ether oxygens (including phenoxy) is 5. The molecule has 40 heavy (non-hydrogen) atoms. The van der Waals surface area contributed by atoms with Crippen molar-refractivity contribution in [2.45, 2.75) is 98.2 Å². The Balaban J connectivity index is 1.95. The number of guanidine groups is 1. The van der Waals surface area contributed by atoms with E-state index in [9.17, 15) is 45.6 Å². The lowest BCUT2D eigenvalue weighted by atomic mass is 9.83. The fraction of sp³-hybridized carbons (Fsp3) is 0.905. The lowest BCUT2D eigenvalue weighted by Gasteiger charge is -2.46. The summed E-state index contributed by atoms with van der Waals surface area (Å²) in [5, 5.41) is 86.5. The van der Waals surface area contributed by atoms with E-state index in [4.69, 9.17) is 40.9 Å². The number of hydrogen-bond donors (Lipinski definition) is 12. The van der Waals surface area contributed by atoms with E-state index in [1.54, 1.807) is 0 Å². The molecule has 3 rings (SSSR count). The Morgan fingerprint density at radius 2 is 1.55 bits per heavy atom. The van der Waals surface area contributed by atoms with E-state index in [0.717, 1.165) is 0 Å². The predicted octanol–water partition coefficient (Wildman–Crippen LogP) is -7.55. The van der Waals surface area contributed by atoms with Gasteiger partial charge in [0.15, 0.2) is 24.6 Å². The van der Waals surface area contributed by atoms with Gasteiger partial charge in [0, 0.05) is 0 Å². The van der Waals surface area contributed by atoms with Crippen LogP contribution in [-0.2, 0) is 23.7 Å². The highest BCUT2D eigenvalue weighted by Crippen LogP contribution is 2.39. The molecule has 3 aliphatic rings. The summed E-state index contributed by atoms with van der Waals surface area (Å²) >= 11 is 0. The molecule has 0 aromatic heterocycles. The van der Waals surface area contributed by atoms with Gasteiger partial charge in [0.2, 0.25) is 0 Å². The second-order valence-electron chi connectivity index (χ2n) is 9.89. The molecule has 232 valence electrons. The number of aliphatic hydroxyl groups is 8. The Labute approximate surface area is 228 Å². The first-order chi connectivity index (χ1) is 18.7. The summed E-state index contributed by atoms with van der Waals surface area (Å²) in [5.74, 6) is -0.575. The maximum absolute atomic E-state index is 11.3. The Kier molecular flexibility index (Phi) is 10.5. The summed E-state index contributed by atoms with van der Waals surface area (Å²) in [6.07, 6.45) is -20.8. The molecule has 3 fully saturated rings. The van der Waals surface area contributed by atoms with Crippen LogP contribution in [0.15, 0.2) is 4.99 Å². The Morgan fingerprint density at radius 3 is 2.08 bits per heavy atom. The summed E-state index contributed by atoms with van der Waals surface area (Å²) in [6, 6.07) is -2.69. The molecule has 1 amide bonds. The first-order valence-corrected chi connectivity index (χ1v) is 12.4. The standard InChI is InChI=1S/C21H39N5O14/c1-5-21(35,4-28)16(40-17-8(25-2)10(30)9(29)6(3-27)37-17)18(36-5)38-14-7(26-19(22)23)11(31)15(39-20(24)34)13(33)12(14)32/h5-18,25,27-33,35H,3-4H2,1-2H3,(H2,24,34)(H4,22,23,26)/t5-,6+,7-,8+,9+,10+,11-,12+,13+,14-,15-,16-,17+,18-,21-/m0/s1. The third-order valence-electron chi connectivity index (χ3n) is 7.42. The highest BCUT2D eigenvalue weighted by atomic mass is 16.8. The lowest BCUT2D eigenvalue weighted by Crippen LogP contribution is -2.67. The van der Waals surface area contributed by atoms with Crippen LogP contribution in [0.4, 0.5) is 4.79 Å². The zero-order valence-electron chi connectivity index (χ0n) is 21.7. The van der Waals surface area contributed by atoms with Crippen molar-refractivity contribution in [2.75, 3.05) is 20.3 Å². The largest absolute Gasteiger partial charge is 0.441 e. The molecule has 1 aliphatic carbocycles. The second-order valence-corrected chi connectivity index (χ2v) is 9.89. The summed E-state index contributed by atoms with van der Waals surface area (Å²) in [6.45, 7) is -0.267. The van der Waals surface area contributed by atoms with Gasteiger partial charge in [0.1, 0.15) is 60.5 Å². The van der Waals surface area contributed by atoms with Gasteiger partial charge in [-0.15, -0.1) is 0 Å². The summed E-state index contributed by atoms with van der Waals surface area (Å²) < 4.78 is 27.7. The normalized spacial score (nSPS) is 47.5. The Hall–Kier alpha value is -1.98. The van der Waals surface area contributed by atoms with Crippen molar-refractivity contribution in [1.82, 2.24) is 5.32 Å². The number of carbonyl (C=O) groups excluding carboxylic acids is 1. The van der Waals surface area contributed by atoms with Crippen molar-refractivity contribution in [3.8, 4) is 0 Å². The van der Waals surface area contributed by atoms with E-state index in [-0.39, 0.29) is 0 Å². The molecule has 0 aromatic rings. The molecule has 2 saturated heterocycles. The molecule has 0 bridgehead atoms. The second kappa shape index (κ2) is 12.9. The lowest BCUT2D eigenvalue weighted by molar-refractivity contribution is -0.319. The van der Waals surface area contributed by atoms with Gasteiger partial charge in [0.25, 0.3) is 0 Å². The van der Waals surface area contributed by atoms with Gasteiger partial charge in [-0.2, -0.15) is 0 Å². The van der Waals surface area contributed by atoms with Crippen molar-refractivity contribution >= 4 is 12.1 Å². The van der Waals surface area contributed by atoms with Crippen molar-refractivity contribution < 1.29 is 69.3 Å². The molecule has 2 aliphatic heterocycles. The number of aliphatic imine (C=N–C) groups is 1. The van der Waals surface area contributed by atoms with Crippen molar-refractivity contribution in [3.05, 3.63) is 0 Å². The van der Waals surface area contributed by atoms with Gasteiger partial charge >= 0.3 is 6.09 Å². The molecular formula is C21H39N5O14. The minimum absolute atomic E-state index is 0.575. The Bertz CT molecular complexity index is 900. The van der Waals surface area contributed by atoms with Gasteiger partial charge in [-0.3, -0.25) is 0 Å². The fourth-order valence-electron chi connectivity index (χ4n) is 5.10. The summed E-state index contributed by atoms with van der Waals surface area (Å²) in [5.41, 5.74) is 13.8. The summed E-state index contributed by atoms with van der Waals surface area (Å²) in [7, 11) is 1.42. The molecule has 1 saturated carbocycles. The molecule has 19 heteroatoms. The van der Waals surface area contributed by atoms with Crippen LogP contribution >= 0.6 is 0 Å². The Morgan fingerprint density at radius 1 is 0.925 bits per heavy atom. The van der Waals surface area contributed by atoms with E-state index < -0.39 is 117 Å². The van der Waals surface area contributed by atoms with Crippen LogP contribution in [0.1, 0.15) is 6.92 Å². The third-order valence-corrected chi connectivity index (χ3v) is 7.42. The van der Waals surface area contributed by atoms with Crippen LogP contribution in [0.25, 0.3) is 0 Å². The molecule has 19 nitrogen and oxygen atoms in total. The third kappa shape index (κ3) is 6.11. The highest BCUT2D eigenvalue weighted by molar-refractivity contribution is 5.76. The van der Waals surface area contributed by atoms with Gasteiger partial charge in [0.05, 0.1) is 25.4 Å². The van der Waals surface area contributed by atoms with Crippen LogP contribution in [0, 0.1) is 0 Å². The van der Waals surface area contributed by atoms with Gasteiger partial charge < -0.3 is 87.1 Å². The number of nitrogens with one attached hydrogen (secondary N) is 1. The van der Waals surface area contributed by atoms with Gasteiger partial charge in [-0.05, 0) is 14.0 Å². The minimum Gasteiger partial charge on any atom is -0.441 e. The molecular weight excluding hydrogens is 546 g/mol. The van der Waals surface area contributed by atoms with Gasteiger partial charge in [-0.25, -0.2) is 9.79 Å². The van der Waals surface area contributed by atoms with Crippen LogP contribution in [0.5, 0.6) is 0 Å². The molecule has 0 radical (unpaired) electrons. The number of hydrogen-bond acceptors (Lipinski definition) is 16. The zero-order chi connectivity index (χ0) is 30.1. The van der Waals surface area contributed by atoms with E-state index in [1.807, 2.05) is 0 Å². The number of nitrogens with two attached hydrogens (primary N) is 3. The maximum Gasteiger partial charge on any atom is 0.404 e. The minimum atomic E-state index is -2.18.